The maximum Gasteiger partial charge on any atom is 0.277 e. The topological polar surface area (TPSA) is 50.7 Å². The van der Waals surface area contributed by atoms with Crippen molar-refractivity contribution >= 4 is 12.1 Å². The van der Waals surface area contributed by atoms with E-state index in [2.05, 4.69) is 10.5 Å². The third-order valence-corrected chi connectivity index (χ3v) is 3.80. The van der Waals surface area contributed by atoms with E-state index in [4.69, 9.17) is 4.74 Å². The van der Waals surface area contributed by atoms with E-state index in [0.717, 1.165) is 33.6 Å². The number of amides is 1. The van der Waals surface area contributed by atoms with Crippen LogP contribution in [0.15, 0.2) is 41.5 Å². The van der Waals surface area contributed by atoms with E-state index in [1.807, 2.05) is 64.1 Å². The Morgan fingerprint density at radius 2 is 1.74 bits per heavy atom. The first-order valence-electron chi connectivity index (χ1n) is 7.56. The molecule has 0 radical (unpaired) electrons. The van der Waals surface area contributed by atoms with Crippen LogP contribution in [0, 0.1) is 27.7 Å². The standard InChI is InChI=1S/C19H22N2O2/c1-13-9-10-15(3)19(16(13)4)23-12-18(22)21-20-11-17-8-6-5-7-14(17)2/h5-11H,12H2,1-4H3,(H,21,22)/b20-11+. The number of nitrogens with one attached hydrogen (secondary N) is 1. The molecule has 2 aromatic rings. The molecule has 0 atom stereocenters. The summed E-state index contributed by atoms with van der Waals surface area (Å²) in [5.74, 6) is 0.484. The molecule has 0 aliphatic rings. The third-order valence-electron chi connectivity index (χ3n) is 3.80. The minimum absolute atomic E-state index is 0.0593. The Labute approximate surface area is 137 Å². The van der Waals surface area contributed by atoms with Crippen molar-refractivity contribution < 1.29 is 9.53 Å². The molecule has 0 saturated carbocycles. The Balaban J connectivity index is 1.91. The second-order valence-corrected chi connectivity index (χ2v) is 5.59. The van der Waals surface area contributed by atoms with Gasteiger partial charge in [0, 0.05) is 0 Å². The zero-order valence-corrected chi connectivity index (χ0v) is 14.0. The highest BCUT2D eigenvalue weighted by Gasteiger charge is 2.08. The summed E-state index contributed by atoms with van der Waals surface area (Å²) >= 11 is 0. The van der Waals surface area contributed by atoms with Crippen LogP contribution in [0.5, 0.6) is 5.75 Å². The van der Waals surface area contributed by atoms with Gasteiger partial charge in [0.05, 0.1) is 6.21 Å². The van der Waals surface area contributed by atoms with E-state index in [0.29, 0.717) is 0 Å². The number of carbonyl (C=O) groups is 1. The van der Waals surface area contributed by atoms with Gasteiger partial charge in [-0.2, -0.15) is 5.10 Å². The van der Waals surface area contributed by atoms with Gasteiger partial charge in [-0.15, -0.1) is 0 Å². The molecule has 2 aromatic carbocycles. The van der Waals surface area contributed by atoms with Crippen LogP contribution in [-0.4, -0.2) is 18.7 Å². The molecule has 4 nitrogen and oxygen atoms in total. The second-order valence-electron chi connectivity index (χ2n) is 5.59. The Kier molecular flexibility index (Phi) is 5.52. The summed E-state index contributed by atoms with van der Waals surface area (Å²) in [5, 5.41) is 3.97. The van der Waals surface area contributed by atoms with E-state index in [-0.39, 0.29) is 12.5 Å². The average Bonchev–Trinajstić information content (AvgIpc) is 2.53. The lowest BCUT2D eigenvalue weighted by Gasteiger charge is -2.13. The van der Waals surface area contributed by atoms with Gasteiger partial charge in [-0.25, -0.2) is 5.43 Å². The molecular weight excluding hydrogens is 288 g/mol. The zero-order chi connectivity index (χ0) is 16.8. The first kappa shape index (κ1) is 16.7. The van der Waals surface area contributed by atoms with Crippen molar-refractivity contribution in [3.8, 4) is 5.75 Å². The molecule has 23 heavy (non-hydrogen) atoms. The van der Waals surface area contributed by atoms with Crippen LogP contribution < -0.4 is 10.2 Å². The zero-order valence-electron chi connectivity index (χ0n) is 14.0. The Hall–Kier alpha value is -2.62. The fourth-order valence-electron chi connectivity index (χ4n) is 2.22. The fourth-order valence-corrected chi connectivity index (χ4v) is 2.22. The van der Waals surface area contributed by atoms with Gasteiger partial charge in [-0.05, 0) is 55.5 Å². The monoisotopic (exact) mass is 310 g/mol. The van der Waals surface area contributed by atoms with Crippen molar-refractivity contribution in [2.75, 3.05) is 6.61 Å². The largest absolute Gasteiger partial charge is 0.483 e. The summed E-state index contributed by atoms with van der Waals surface area (Å²) in [6, 6.07) is 11.9. The maximum atomic E-state index is 11.8. The number of nitrogens with zero attached hydrogens (tertiary/aromatic N) is 1. The number of rotatable bonds is 5. The van der Waals surface area contributed by atoms with Crippen LogP contribution in [0.4, 0.5) is 0 Å². The van der Waals surface area contributed by atoms with Gasteiger partial charge in [0.2, 0.25) is 0 Å². The SMILES string of the molecule is Cc1ccccc1/C=N/NC(=O)COc1c(C)ccc(C)c1C. The molecule has 0 saturated heterocycles. The predicted octanol–water partition coefficient (Wildman–Crippen LogP) is 3.45. The second kappa shape index (κ2) is 7.58. The van der Waals surface area contributed by atoms with Gasteiger partial charge in [0.15, 0.2) is 6.61 Å². The van der Waals surface area contributed by atoms with E-state index in [1.54, 1.807) is 6.21 Å². The van der Waals surface area contributed by atoms with Crippen molar-refractivity contribution in [1.29, 1.82) is 0 Å². The van der Waals surface area contributed by atoms with Crippen LogP contribution >= 0.6 is 0 Å². The highest BCUT2D eigenvalue weighted by atomic mass is 16.5. The number of hydrogen-bond acceptors (Lipinski definition) is 3. The van der Waals surface area contributed by atoms with Crippen molar-refractivity contribution in [2.45, 2.75) is 27.7 Å². The van der Waals surface area contributed by atoms with Crippen molar-refractivity contribution in [1.82, 2.24) is 5.43 Å². The summed E-state index contributed by atoms with van der Waals surface area (Å²) in [6.07, 6.45) is 1.64. The van der Waals surface area contributed by atoms with Gasteiger partial charge < -0.3 is 4.74 Å². The van der Waals surface area contributed by atoms with E-state index in [9.17, 15) is 4.79 Å². The van der Waals surface area contributed by atoms with Gasteiger partial charge in [0.1, 0.15) is 5.75 Å². The molecular formula is C19H22N2O2. The van der Waals surface area contributed by atoms with Crippen LogP contribution in [0.25, 0.3) is 0 Å². The van der Waals surface area contributed by atoms with E-state index >= 15 is 0 Å². The summed E-state index contributed by atoms with van der Waals surface area (Å²) in [6.45, 7) is 7.92. The minimum Gasteiger partial charge on any atom is -0.483 e. The summed E-state index contributed by atoms with van der Waals surface area (Å²) in [4.78, 5) is 11.8. The third kappa shape index (κ3) is 4.42. The number of benzene rings is 2. The summed E-state index contributed by atoms with van der Waals surface area (Å²) < 4.78 is 5.65. The van der Waals surface area contributed by atoms with Crippen molar-refractivity contribution in [3.05, 3.63) is 64.2 Å². The van der Waals surface area contributed by atoms with Gasteiger partial charge >= 0.3 is 0 Å². The predicted molar refractivity (Wildman–Crippen MR) is 93.1 cm³/mol. The smallest absolute Gasteiger partial charge is 0.277 e. The van der Waals surface area contributed by atoms with E-state index < -0.39 is 0 Å². The summed E-state index contributed by atoms with van der Waals surface area (Å²) in [5.41, 5.74) is 7.78. The van der Waals surface area contributed by atoms with Crippen molar-refractivity contribution in [3.63, 3.8) is 0 Å². The molecule has 0 aromatic heterocycles. The number of hydrogen-bond donors (Lipinski definition) is 1. The van der Waals surface area contributed by atoms with Crippen LogP contribution in [0.1, 0.15) is 27.8 Å². The molecule has 4 heteroatoms. The van der Waals surface area contributed by atoms with Crippen molar-refractivity contribution in [2.24, 2.45) is 5.10 Å². The molecule has 0 unspecified atom stereocenters. The lowest BCUT2D eigenvalue weighted by Crippen LogP contribution is -2.25. The molecule has 0 heterocycles. The Morgan fingerprint density at radius 3 is 2.48 bits per heavy atom. The molecule has 0 aliphatic heterocycles. The Morgan fingerprint density at radius 1 is 1.04 bits per heavy atom. The first-order chi connectivity index (χ1) is 11.0. The lowest BCUT2D eigenvalue weighted by atomic mass is 10.1. The van der Waals surface area contributed by atoms with Gasteiger partial charge in [-0.1, -0.05) is 36.4 Å². The molecule has 1 amide bonds. The quantitative estimate of drug-likeness (QED) is 0.679. The molecule has 0 spiro atoms. The van der Waals surface area contributed by atoms with E-state index in [1.165, 1.54) is 0 Å². The fraction of sp³-hybridized carbons (Fsp3) is 0.263. The molecule has 0 fully saturated rings. The number of carbonyl (C=O) groups excluding carboxylic acids is 1. The molecule has 120 valence electrons. The highest BCUT2D eigenvalue weighted by Crippen LogP contribution is 2.25. The first-order valence-corrected chi connectivity index (χ1v) is 7.56. The normalized spacial score (nSPS) is 10.8. The average molecular weight is 310 g/mol. The van der Waals surface area contributed by atoms with Gasteiger partial charge in [0.25, 0.3) is 5.91 Å². The van der Waals surface area contributed by atoms with Crippen LogP contribution in [0.2, 0.25) is 0 Å². The number of hydrazone groups is 1. The number of aryl methyl sites for hydroxylation is 3. The minimum atomic E-state index is -0.282. The summed E-state index contributed by atoms with van der Waals surface area (Å²) in [7, 11) is 0. The van der Waals surface area contributed by atoms with Crippen LogP contribution in [0.3, 0.4) is 0 Å². The molecule has 0 aliphatic carbocycles. The maximum absolute atomic E-state index is 11.8. The lowest BCUT2D eigenvalue weighted by molar-refractivity contribution is -0.123. The van der Waals surface area contributed by atoms with Crippen LogP contribution in [-0.2, 0) is 4.79 Å². The Bertz CT molecular complexity index is 736. The van der Waals surface area contributed by atoms with Gasteiger partial charge in [-0.3, -0.25) is 4.79 Å². The number of ether oxygens (including phenoxy) is 1. The molecule has 0 bridgehead atoms. The molecule has 1 N–H and O–H groups in total. The highest BCUT2D eigenvalue weighted by molar-refractivity contribution is 5.84. The molecule has 2 rings (SSSR count).